The largest absolute Gasteiger partial charge is 0.462 e. The zero-order chi connectivity index (χ0) is 16.0. The van der Waals surface area contributed by atoms with Gasteiger partial charge in [-0.05, 0) is 30.8 Å². The van der Waals surface area contributed by atoms with Crippen molar-refractivity contribution < 1.29 is 17.9 Å². The minimum Gasteiger partial charge on any atom is -0.462 e. The highest BCUT2D eigenvalue weighted by Crippen LogP contribution is 2.12. The molecule has 0 unspecified atom stereocenters. The normalized spacial score (nSPS) is 11.1. The molecule has 0 aliphatic carbocycles. The minimum atomic E-state index is -3.58. The number of carbonyl (C=O) groups is 1. The zero-order valence-electron chi connectivity index (χ0n) is 12.2. The van der Waals surface area contributed by atoms with Gasteiger partial charge in [0, 0.05) is 6.42 Å². The van der Waals surface area contributed by atoms with Crippen molar-refractivity contribution in [2.45, 2.75) is 11.3 Å². The summed E-state index contributed by atoms with van der Waals surface area (Å²) in [6.45, 7) is 0.242. The van der Waals surface area contributed by atoms with E-state index in [9.17, 15) is 13.2 Å². The molecule has 6 heteroatoms. The molecule has 0 aliphatic rings. The Hall–Kier alpha value is -2.18. The molecule has 0 fully saturated rings. The number of hydrogen-bond donors (Lipinski definition) is 1. The Morgan fingerprint density at radius 2 is 1.82 bits per heavy atom. The summed E-state index contributed by atoms with van der Waals surface area (Å²) in [7, 11) is -2.26. The highest BCUT2D eigenvalue weighted by Gasteiger charge is 2.14. The molecule has 1 N–H and O–H groups in total. The van der Waals surface area contributed by atoms with Gasteiger partial charge in [-0.2, -0.15) is 0 Å². The Labute approximate surface area is 130 Å². The molecule has 2 aromatic rings. The molecule has 116 valence electrons. The van der Waals surface area contributed by atoms with Gasteiger partial charge in [0.1, 0.15) is 0 Å². The lowest BCUT2D eigenvalue weighted by Crippen LogP contribution is -2.19. The minimum absolute atomic E-state index is 0.0347. The van der Waals surface area contributed by atoms with Crippen molar-refractivity contribution in [3.05, 3.63) is 65.7 Å². The van der Waals surface area contributed by atoms with Gasteiger partial charge in [-0.15, -0.1) is 0 Å². The van der Waals surface area contributed by atoms with Crippen molar-refractivity contribution in [2.75, 3.05) is 13.7 Å². The Morgan fingerprint density at radius 3 is 2.50 bits per heavy atom. The summed E-state index contributed by atoms with van der Waals surface area (Å²) in [5.74, 6) is -0.538. The Morgan fingerprint density at radius 1 is 1.09 bits per heavy atom. The van der Waals surface area contributed by atoms with Crippen molar-refractivity contribution in [1.82, 2.24) is 4.72 Å². The van der Waals surface area contributed by atoms with Crippen LogP contribution in [0.5, 0.6) is 0 Å². The van der Waals surface area contributed by atoms with Gasteiger partial charge in [-0.3, -0.25) is 0 Å². The molecule has 22 heavy (non-hydrogen) atoms. The Balaban J connectivity index is 2.00. The lowest BCUT2D eigenvalue weighted by molar-refractivity contribution is 0.0509. The number of sulfonamides is 1. The number of nitrogens with one attached hydrogen (secondary N) is 1. The lowest BCUT2D eigenvalue weighted by atomic mass is 10.2. The highest BCUT2D eigenvalue weighted by atomic mass is 32.2. The van der Waals surface area contributed by atoms with E-state index in [1.165, 1.54) is 31.3 Å². The van der Waals surface area contributed by atoms with Crippen molar-refractivity contribution in [2.24, 2.45) is 0 Å². The number of benzene rings is 2. The predicted molar refractivity (Wildman–Crippen MR) is 83.1 cm³/mol. The third kappa shape index (κ3) is 4.16. The molecule has 2 aromatic carbocycles. The first-order valence-corrected chi connectivity index (χ1v) is 8.26. The first-order chi connectivity index (χ1) is 10.5. The molecule has 0 aromatic heterocycles. The molecular formula is C16H17NO4S. The summed E-state index contributed by atoms with van der Waals surface area (Å²) in [5.41, 5.74) is 1.28. The maximum Gasteiger partial charge on any atom is 0.338 e. The van der Waals surface area contributed by atoms with Crippen LogP contribution in [0, 0.1) is 0 Å². The maximum absolute atomic E-state index is 12.0. The molecule has 0 radical (unpaired) electrons. The third-order valence-electron chi connectivity index (χ3n) is 3.12. The fourth-order valence-electron chi connectivity index (χ4n) is 1.90. The van der Waals surface area contributed by atoms with Crippen LogP contribution in [-0.2, 0) is 21.2 Å². The van der Waals surface area contributed by atoms with E-state index in [0.717, 1.165) is 5.56 Å². The number of esters is 1. The van der Waals surface area contributed by atoms with Gasteiger partial charge in [0.25, 0.3) is 0 Å². The van der Waals surface area contributed by atoms with E-state index < -0.39 is 16.0 Å². The zero-order valence-corrected chi connectivity index (χ0v) is 13.0. The summed E-state index contributed by atoms with van der Waals surface area (Å²) in [6, 6.07) is 15.4. The summed E-state index contributed by atoms with van der Waals surface area (Å²) >= 11 is 0. The van der Waals surface area contributed by atoms with Gasteiger partial charge in [0.05, 0.1) is 17.1 Å². The van der Waals surface area contributed by atoms with E-state index in [1.54, 1.807) is 0 Å². The van der Waals surface area contributed by atoms with Crippen LogP contribution in [0.25, 0.3) is 0 Å². The van der Waals surface area contributed by atoms with Crippen LogP contribution in [0.3, 0.4) is 0 Å². The van der Waals surface area contributed by atoms with Gasteiger partial charge in [-0.25, -0.2) is 17.9 Å². The van der Waals surface area contributed by atoms with E-state index in [1.807, 2.05) is 30.3 Å². The molecule has 5 nitrogen and oxygen atoms in total. The number of hydrogen-bond acceptors (Lipinski definition) is 4. The van der Waals surface area contributed by atoms with Crippen molar-refractivity contribution in [3.8, 4) is 0 Å². The standard InChI is InChI=1S/C16H17NO4S/c1-17-22(19,20)15-9-5-8-14(12-15)16(18)21-11-10-13-6-3-2-4-7-13/h2-9,12,17H,10-11H2,1H3. The summed E-state index contributed by atoms with van der Waals surface area (Å²) < 4.78 is 30.8. The van der Waals surface area contributed by atoms with Gasteiger partial charge in [0.2, 0.25) is 10.0 Å². The highest BCUT2D eigenvalue weighted by molar-refractivity contribution is 7.89. The van der Waals surface area contributed by atoms with Gasteiger partial charge >= 0.3 is 5.97 Å². The SMILES string of the molecule is CNS(=O)(=O)c1cccc(C(=O)OCCc2ccccc2)c1. The Kier molecular flexibility index (Phi) is 5.30. The number of rotatable bonds is 6. The van der Waals surface area contributed by atoms with Crippen LogP contribution >= 0.6 is 0 Å². The maximum atomic E-state index is 12.0. The molecule has 0 spiro atoms. The smallest absolute Gasteiger partial charge is 0.338 e. The van der Waals surface area contributed by atoms with Crippen LogP contribution in [0.1, 0.15) is 15.9 Å². The first-order valence-electron chi connectivity index (χ1n) is 6.77. The molecule has 0 aliphatic heterocycles. The third-order valence-corrected chi connectivity index (χ3v) is 4.53. The average molecular weight is 319 g/mol. The number of ether oxygens (including phenoxy) is 1. The summed E-state index contributed by atoms with van der Waals surface area (Å²) in [5, 5.41) is 0. The average Bonchev–Trinajstić information content (AvgIpc) is 2.56. The van der Waals surface area contributed by atoms with Crippen LogP contribution in [0.4, 0.5) is 0 Å². The van der Waals surface area contributed by atoms with E-state index in [4.69, 9.17) is 4.74 Å². The fourth-order valence-corrected chi connectivity index (χ4v) is 2.67. The fraction of sp³-hybridized carbons (Fsp3) is 0.188. The van der Waals surface area contributed by atoms with Crippen LogP contribution in [0.2, 0.25) is 0 Å². The quantitative estimate of drug-likeness (QED) is 0.827. The molecule has 0 bridgehead atoms. The first kappa shape index (κ1) is 16.2. The molecule has 0 saturated heterocycles. The van der Waals surface area contributed by atoms with Crippen LogP contribution in [-0.4, -0.2) is 28.0 Å². The van der Waals surface area contributed by atoms with E-state index in [2.05, 4.69) is 4.72 Å². The molecule has 0 heterocycles. The second-order valence-electron chi connectivity index (χ2n) is 4.61. The molecule has 0 amide bonds. The lowest BCUT2D eigenvalue weighted by Gasteiger charge is -2.07. The summed E-state index contributed by atoms with van der Waals surface area (Å²) in [6.07, 6.45) is 0.612. The molecule has 0 saturated carbocycles. The molecular weight excluding hydrogens is 302 g/mol. The van der Waals surface area contributed by atoms with Crippen molar-refractivity contribution in [1.29, 1.82) is 0 Å². The van der Waals surface area contributed by atoms with Crippen LogP contribution < -0.4 is 4.72 Å². The van der Waals surface area contributed by atoms with Crippen molar-refractivity contribution in [3.63, 3.8) is 0 Å². The van der Waals surface area contributed by atoms with Gasteiger partial charge < -0.3 is 4.74 Å². The summed E-state index contributed by atoms with van der Waals surface area (Å²) in [4.78, 5) is 12.0. The molecule has 0 atom stereocenters. The van der Waals surface area contributed by atoms with E-state index in [0.29, 0.717) is 6.42 Å². The van der Waals surface area contributed by atoms with Crippen LogP contribution in [0.15, 0.2) is 59.5 Å². The van der Waals surface area contributed by atoms with E-state index in [-0.39, 0.29) is 17.1 Å². The molecule has 2 rings (SSSR count). The van der Waals surface area contributed by atoms with Gasteiger partial charge in [-0.1, -0.05) is 36.4 Å². The topological polar surface area (TPSA) is 72.5 Å². The Bertz CT molecular complexity index is 742. The van der Waals surface area contributed by atoms with Gasteiger partial charge in [0.15, 0.2) is 0 Å². The second kappa shape index (κ2) is 7.20. The predicted octanol–water partition coefficient (Wildman–Crippen LogP) is 1.99. The van der Waals surface area contributed by atoms with Crippen molar-refractivity contribution >= 4 is 16.0 Å². The number of carbonyl (C=O) groups excluding carboxylic acids is 1. The monoisotopic (exact) mass is 319 g/mol. The van der Waals surface area contributed by atoms with E-state index >= 15 is 0 Å². The second-order valence-corrected chi connectivity index (χ2v) is 6.49.